The summed E-state index contributed by atoms with van der Waals surface area (Å²) >= 11 is 0. The van der Waals surface area contributed by atoms with E-state index >= 15 is 0 Å². The molecular formula is C24H28N2O. The number of amides is 1. The summed E-state index contributed by atoms with van der Waals surface area (Å²) in [5.41, 5.74) is 5.02. The van der Waals surface area contributed by atoms with Gasteiger partial charge in [0.2, 0.25) is 0 Å². The van der Waals surface area contributed by atoms with Crippen molar-refractivity contribution in [3.05, 3.63) is 70.8 Å². The highest BCUT2D eigenvalue weighted by Crippen LogP contribution is 2.44. The Balaban J connectivity index is 1.19. The molecule has 0 saturated heterocycles. The van der Waals surface area contributed by atoms with Crippen LogP contribution in [0.2, 0.25) is 0 Å². The second kappa shape index (κ2) is 7.12. The lowest BCUT2D eigenvalue weighted by Gasteiger charge is -2.28. The van der Waals surface area contributed by atoms with E-state index in [1.54, 1.807) is 0 Å². The Morgan fingerprint density at radius 1 is 1.00 bits per heavy atom. The third-order valence-corrected chi connectivity index (χ3v) is 6.89. The lowest BCUT2D eigenvalue weighted by molar-refractivity contribution is 0.0923. The Kier molecular flexibility index (Phi) is 4.48. The maximum absolute atomic E-state index is 12.6. The van der Waals surface area contributed by atoms with E-state index in [2.05, 4.69) is 46.6 Å². The molecule has 2 aromatic rings. The number of fused-ring (bicyclic) bond motifs is 3. The Morgan fingerprint density at radius 2 is 1.81 bits per heavy atom. The van der Waals surface area contributed by atoms with Crippen molar-refractivity contribution < 1.29 is 4.79 Å². The van der Waals surface area contributed by atoms with Crippen LogP contribution in [-0.4, -0.2) is 23.4 Å². The maximum Gasteiger partial charge on any atom is 0.251 e. The third kappa shape index (κ3) is 3.53. The van der Waals surface area contributed by atoms with Gasteiger partial charge in [-0.3, -0.25) is 9.69 Å². The van der Waals surface area contributed by atoms with E-state index in [0.717, 1.165) is 43.5 Å². The van der Waals surface area contributed by atoms with Crippen molar-refractivity contribution >= 4 is 5.91 Å². The number of hydrogen-bond donors (Lipinski definition) is 1. The number of carbonyl (C=O) groups excluding carboxylic acids is 1. The first-order chi connectivity index (χ1) is 13.2. The molecule has 1 amide bonds. The lowest BCUT2D eigenvalue weighted by Crippen LogP contribution is -2.38. The molecule has 0 aromatic heterocycles. The molecule has 1 heterocycles. The molecule has 1 N–H and O–H groups in total. The van der Waals surface area contributed by atoms with Gasteiger partial charge in [0.1, 0.15) is 0 Å². The van der Waals surface area contributed by atoms with Crippen molar-refractivity contribution in [2.24, 2.45) is 11.8 Å². The number of nitrogens with one attached hydrogen (secondary N) is 1. The molecule has 0 unspecified atom stereocenters. The quantitative estimate of drug-likeness (QED) is 0.888. The van der Waals surface area contributed by atoms with Crippen LogP contribution < -0.4 is 5.32 Å². The highest BCUT2D eigenvalue weighted by Gasteiger charge is 2.40. The monoisotopic (exact) mass is 360 g/mol. The summed E-state index contributed by atoms with van der Waals surface area (Å²) < 4.78 is 0. The Morgan fingerprint density at radius 3 is 2.56 bits per heavy atom. The van der Waals surface area contributed by atoms with Crippen LogP contribution in [0.25, 0.3) is 0 Å². The van der Waals surface area contributed by atoms with Crippen molar-refractivity contribution in [1.82, 2.24) is 10.2 Å². The van der Waals surface area contributed by atoms with E-state index in [-0.39, 0.29) is 5.91 Å². The second-order valence-corrected chi connectivity index (χ2v) is 8.68. The van der Waals surface area contributed by atoms with Crippen molar-refractivity contribution in [2.75, 3.05) is 6.54 Å². The number of hydrogen-bond acceptors (Lipinski definition) is 2. The van der Waals surface area contributed by atoms with Crippen LogP contribution in [0.4, 0.5) is 0 Å². The normalized spacial score (nSPS) is 26.7. The van der Waals surface area contributed by atoms with Gasteiger partial charge in [0.05, 0.1) is 0 Å². The van der Waals surface area contributed by atoms with E-state index in [0.29, 0.717) is 6.04 Å². The average molecular weight is 361 g/mol. The molecular weight excluding hydrogens is 332 g/mol. The molecule has 1 aliphatic heterocycles. The Bertz CT molecular complexity index is 829. The highest BCUT2D eigenvalue weighted by molar-refractivity contribution is 5.94. The zero-order chi connectivity index (χ0) is 18.2. The zero-order valence-electron chi connectivity index (χ0n) is 15.9. The summed E-state index contributed by atoms with van der Waals surface area (Å²) in [5, 5.41) is 3.29. The van der Waals surface area contributed by atoms with Gasteiger partial charge < -0.3 is 5.32 Å². The van der Waals surface area contributed by atoms with E-state index in [9.17, 15) is 4.79 Å². The molecule has 5 rings (SSSR count). The summed E-state index contributed by atoms with van der Waals surface area (Å²) in [4.78, 5) is 15.1. The number of benzene rings is 2. The fourth-order valence-electron chi connectivity index (χ4n) is 5.38. The molecule has 2 aliphatic carbocycles. The van der Waals surface area contributed by atoms with Crippen LogP contribution >= 0.6 is 0 Å². The van der Waals surface area contributed by atoms with Gasteiger partial charge in [0.25, 0.3) is 5.91 Å². The van der Waals surface area contributed by atoms with E-state index in [1.807, 2.05) is 12.1 Å². The van der Waals surface area contributed by atoms with E-state index in [1.165, 1.54) is 42.4 Å². The van der Waals surface area contributed by atoms with Crippen LogP contribution in [-0.2, 0) is 19.5 Å². The van der Waals surface area contributed by atoms with Gasteiger partial charge in [-0.1, -0.05) is 42.8 Å². The Hall–Kier alpha value is -2.13. The predicted octanol–water partition coefficient (Wildman–Crippen LogP) is 4.16. The van der Waals surface area contributed by atoms with Crippen LogP contribution in [0.3, 0.4) is 0 Å². The minimum atomic E-state index is 0.103. The van der Waals surface area contributed by atoms with Crippen molar-refractivity contribution in [3.8, 4) is 0 Å². The van der Waals surface area contributed by atoms with Gasteiger partial charge in [-0.15, -0.1) is 0 Å². The number of nitrogens with zero attached hydrogens (tertiary/aromatic N) is 1. The molecule has 2 fully saturated rings. The summed E-state index contributed by atoms with van der Waals surface area (Å²) in [7, 11) is 0. The first-order valence-corrected chi connectivity index (χ1v) is 10.4. The molecule has 2 aromatic carbocycles. The molecule has 140 valence electrons. The molecule has 2 saturated carbocycles. The molecule has 3 heteroatoms. The van der Waals surface area contributed by atoms with Crippen LogP contribution in [0.15, 0.2) is 48.5 Å². The largest absolute Gasteiger partial charge is 0.349 e. The molecule has 2 bridgehead atoms. The Labute approximate surface area is 161 Å². The summed E-state index contributed by atoms with van der Waals surface area (Å²) in [6.07, 6.45) is 6.30. The standard InChI is InChI=1S/C24H28N2O/c27-24(25-23-14-18-7-10-21(23)13-18)20-8-5-17(6-9-20)15-26-12-11-19-3-1-2-4-22(19)16-26/h1-6,8-9,18,21,23H,7,10-16H2,(H,25,27)/t18-,21+,23-/m0/s1. The van der Waals surface area contributed by atoms with Crippen molar-refractivity contribution in [3.63, 3.8) is 0 Å². The molecule has 0 spiro atoms. The summed E-state index contributed by atoms with van der Waals surface area (Å²) in [6.45, 7) is 3.06. The van der Waals surface area contributed by atoms with Crippen molar-refractivity contribution in [2.45, 2.75) is 51.2 Å². The van der Waals surface area contributed by atoms with E-state index < -0.39 is 0 Å². The first-order valence-electron chi connectivity index (χ1n) is 10.4. The molecule has 27 heavy (non-hydrogen) atoms. The van der Waals surface area contributed by atoms with Gasteiger partial charge in [-0.25, -0.2) is 0 Å². The first kappa shape index (κ1) is 17.0. The molecule has 3 atom stereocenters. The van der Waals surface area contributed by atoms with Crippen LogP contribution in [0.1, 0.15) is 52.7 Å². The van der Waals surface area contributed by atoms with Gasteiger partial charge in [0, 0.05) is 31.2 Å². The van der Waals surface area contributed by atoms with Crippen molar-refractivity contribution in [1.29, 1.82) is 0 Å². The minimum absolute atomic E-state index is 0.103. The van der Waals surface area contributed by atoms with Gasteiger partial charge in [0.15, 0.2) is 0 Å². The third-order valence-electron chi connectivity index (χ3n) is 6.89. The predicted molar refractivity (Wildman–Crippen MR) is 107 cm³/mol. The topological polar surface area (TPSA) is 32.3 Å². The van der Waals surface area contributed by atoms with Crippen LogP contribution in [0.5, 0.6) is 0 Å². The number of rotatable bonds is 4. The van der Waals surface area contributed by atoms with Gasteiger partial charge >= 0.3 is 0 Å². The highest BCUT2D eigenvalue weighted by atomic mass is 16.1. The van der Waals surface area contributed by atoms with Gasteiger partial charge in [-0.05, 0) is 66.3 Å². The summed E-state index contributed by atoms with van der Waals surface area (Å²) in [5.74, 6) is 1.68. The lowest BCUT2D eigenvalue weighted by atomic mass is 9.95. The van der Waals surface area contributed by atoms with E-state index in [4.69, 9.17) is 0 Å². The average Bonchev–Trinajstić information content (AvgIpc) is 3.31. The maximum atomic E-state index is 12.6. The SMILES string of the molecule is O=C(N[C@H]1C[C@H]2CC[C@@H]1C2)c1ccc(CN2CCc3ccccc3C2)cc1. The fourth-order valence-corrected chi connectivity index (χ4v) is 5.38. The smallest absolute Gasteiger partial charge is 0.251 e. The van der Waals surface area contributed by atoms with Crippen LogP contribution in [0, 0.1) is 11.8 Å². The minimum Gasteiger partial charge on any atom is -0.349 e. The zero-order valence-corrected chi connectivity index (χ0v) is 15.9. The van der Waals surface area contributed by atoms with Gasteiger partial charge in [-0.2, -0.15) is 0 Å². The molecule has 3 aliphatic rings. The second-order valence-electron chi connectivity index (χ2n) is 8.68. The molecule has 0 radical (unpaired) electrons. The summed E-state index contributed by atoms with van der Waals surface area (Å²) in [6, 6.07) is 17.4. The molecule has 3 nitrogen and oxygen atoms in total. The number of carbonyl (C=O) groups is 1. The fraction of sp³-hybridized carbons (Fsp3) is 0.458.